The fourth-order valence-electron chi connectivity index (χ4n) is 3.77. The summed E-state index contributed by atoms with van der Waals surface area (Å²) in [5, 5.41) is 6.80. The van der Waals surface area contributed by atoms with E-state index in [-0.39, 0.29) is 23.7 Å². The van der Waals surface area contributed by atoms with E-state index in [1.807, 2.05) is 0 Å². The van der Waals surface area contributed by atoms with Gasteiger partial charge in [-0.2, -0.15) is 5.10 Å². The number of hydrogen-bond donors (Lipinski definition) is 3. The van der Waals surface area contributed by atoms with Crippen LogP contribution in [-0.4, -0.2) is 33.2 Å². The van der Waals surface area contributed by atoms with Gasteiger partial charge in [-0.1, -0.05) is 12.1 Å². The minimum absolute atomic E-state index is 0.0774. The standard InChI is InChI=1S/C19H14F2N6O/c20-10-3-1-9(2-4-10)17-16(19-23-8-24-27-19)18-15-12(14(28)7-22-18)5-11(21)6-13(15)25-26-17/h1-6,8,16-17,25-26H,7H2,(H,23,24,27). The van der Waals surface area contributed by atoms with Crippen molar-refractivity contribution < 1.29 is 13.6 Å². The van der Waals surface area contributed by atoms with Crippen LogP contribution in [0.1, 0.15) is 39.3 Å². The number of benzene rings is 2. The third-order valence-corrected chi connectivity index (χ3v) is 5.00. The molecule has 140 valence electrons. The fourth-order valence-corrected chi connectivity index (χ4v) is 3.77. The summed E-state index contributed by atoms with van der Waals surface area (Å²) >= 11 is 0. The van der Waals surface area contributed by atoms with Gasteiger partial charge in [-0.25, -0.2) is 19.2 Å². The Morgan fingerprint density at radius 1 is 1.07 bits per heavy atom. The Morgan fingerprint density at radius 2 is 1.89 bits per heavy atom. The first-order valence-corrected chi connectivity index (χ1v) is 8.65. The molecule has 7 nitrogen and oxygen atoms in total. The maximum atomic E-state index is 14.1. The fraction of sp³-hybridized carbons (Fsp3) is 0.158. The Kier molecular flexibility index (Phi) is 3.76. The summed E-state index contributed by atoms with van der Waals surface area (Å²) < 4.78 is 27.5. The van der Waals surface area contributed by atoms with E-state index in [9.17, 15) is 13.6 Å². The smallest absolute Gasteiger partial charge is 0.185 e. The lowest BCUT2D eigenvalue weighted by molar-refractivity contribution is 0.0999. The number of aromatic nitrogens is 3. The number of halogens is 2. The number of Topliss-reactive ketones (excluding diaryl/α,β-unsaturated/α-hetero) is 1. The Morgan fingerprint density at radius 3 is 2.64 bits per heavy atom. The van der Waals surface area contributed by atoms with Crippen molar-refractivity contribution in [2.75, 3.05) is 12.0 Å². The molecule has 0 amide bonds. The average Bonchev–Trinajstić information content (AvgIpc) is 3.16. The second kappa shape index (κ2) is 6.31. The predicted octanol–water partition coefficient (Wildman–Crippen LogP) is 2.52. The second-order valence-corrected chi connectivity index (χ2v) is 6.65. The lowest BCUT2D eigenvalue weighted by atomic mass is 9.82. The number of rotatable bonds is 2. The summed E-state index contributed by atoms with van der Waals surface area (Å²) in [7, 11) is 0. The number of aliphatic imine (C=N–C) groups is 1. The lowest BCUT2D eigenvalue weighted by Crippen LogP contribution is -2.33. The molecule has 2 aromatic carbocycles. The van der Waals surface area contributed by atoms with Crippen molar-refractivity contribution in [3.05, 3.63) is 76.9 Å². The second-order valence-electron chi connectivity index (χ2n) is 6.65. The molecule has 28 heavy (non-hydrogen) atoms. The zero-order valence-electron chi connectivity index (χ0n) is 14.4. The number of hydrazine groups is 1. The number of carbonyl (C=O) groups is 1. The van der Waals surface area contributed by atoms with Crippen LogP contribution in [-0.2, 0) is 0 Å². The number of carbonyl (C=O) groups excluding carboxylic acids is 1. The van der Waals surface area contributed by atoms with Gasteiger partial charge in [0.25, 0.3) is 0 Å². The van der Waals surface area contributed by atoms with E-state index in [0.29, 0.717) is 22.8 Å². The molecule has 2 unspecified atom stereocenters. The van der Waals surface area contributed by atoms with Gasteiger partial charge in [0, 0.05) is 11.1 Å². The molecule has 0 saturated heterocycles. The number of hydrogen-bond acceptors (Lipinski definition) is 6. The van der Waals surface area contributed by atoms with Gasteiger partial charge in [0.15, 0.2) is 5.78 Å². The molecule has 2 aliphatic heterocycles. The topological polar surface area (TPSA) is 95.1 Å². The molecule has 9 heteroatoms. The van der Waals surface area contributed by atoms with E-state index in [1.165, 1.54) is 30.6 Å². The van der Waals surface area contributed by atoms with Crippen LogP contribution in [0.15, 0.2) is 47.7 Å². The van der Waals surface area contributed by atoms with E-state index >= 15 is 0 Å². The van der Waals surface area contributed by atoms with Gasteiger partial charge in [0.1, 0.15) is 30.3 Å². The van der Waals surface area contributed by atoms with Crippen molar-refractivity contribution >= 4 is 17.2 Å². The van der Waals surface area contributed by atoms with Crippen LogP contribution in [0.3, 0.4) is 0 Å². The normalized spacial score (nSPS) is 20.8. The molecular weight excluding hydrogens is 366 g/mol. The summed E-state index contributed by atoms with van der Waals surface area (Å²) in [4.78, 5) is 21.2. The van der Waals surface area contributed by atoms with Gasteiger partial charge in [0.05, 0.1) is 23.4 Å². The Bertz CT molecular complexity index is 1090. The molecule has 0 aliphatic carbocycles. The number of nitrogens with one attached hydrogen (secondary N) is 3. The Hall–Kier alpha value is -3.46. The summed E-state index contributed by atoms with van der Waals surface area (Å²) in [5.74, 6) is -1.05. The molecular formula is C19H14F2N6O. The minimum Gasteiger partial charge on any atom is -0.320 e. The van der Waals surface area contributed by atoms with Gasteiger partial charge < -0.3 is 5.43 Å². The predicted molar refractivity (Wildman–Crippen MR) is 97.2 cm³/mol. The molecule has 0 fully saturated rings. The highest BCUT2D eigenvalue weighted by molar-refractivity contribution is 6.20. The third-order valence-electron chi connectivity index (χ3n) is 5.00. The first-order valence-electron chi connectivity index (χ1n) is 8.65. The molecule has 0 saturated carbocycles. The highest BCUT2D eigenvalue weighted by atomic mass is 19.1. The van der Waals surface area contributed by atoms with Crippen LogP contribution in [0, 0.1) is 11.6 Å². The van der Waals surface area contributed by atoms with Crippen LogP contribution in [0.25, 0.3) is 0 Å². The first-order chi connectivity index (χ1) is 13.6. The number of nitrogens with zero attached hydrogens (tertiary/aromatic N) is 3. The molecule has 2 atom stereocenters. The highest BCUT2D eigenvalue weighted by Gasteiger charge is 2.39. The first kappa shape index (κ1) is 16.7. The number of aromatic amines is 1. The summed E-state index contributed by atoms with van der Waals surface area (Å²) in [6.45, 7) is -0.0774. The molecule has 3 N–H and O–H groups in total. The van der Waals surface area contributed by atoms with Gasteiger partial charge in [-0.3, -0.25) is 14.9 Å². The molecule has 1 aromatic heterocycles. The van der Waals surface area contributed by atoms with Crippen LogP contribution in [0.5, 0.6) is 0 Å². The van der Waals surface area contributed by atoms with Crippen LogP contribution in [0.4, 0.5) is 14.5 Å². The highest BCUT2D eigenvalue weighted by Crippen LogP contribution is 2.40. The third kappa shape index (κ3) is 2.59. The van der Waals surface area contributed by atoms with Crippen molar-refractivity contribution in [3.63, 3.8) is 0 Å². The maximum Gasteiger partial charge on any atom is 0.185 e. The van der Waals surface area contributed by atoms with Crippen molar-refractivity contribution in [1.29, 1.82) is 0 Å². The molecule has 5 rings (SSSR count). The zero-order valence-corrected chi connectivity index (χ0v) is 14.4. The van der Waals surface area contributed by atoms with E-state index in [1.54, 1.807) is 12.1 Å². The van der Waals surface area contributed by atoms with Crippen LogP contribution >= 0.6 is 0 Å². The molecule has 0 spiro atoms. The van der Waals surface area contributed by atoms with E-state index < -0.39 is 17.8 Å². The molecule has 3 aromatic rings. The monoisotopic (exact) mass is 380 g/mol. The molecule has 0 radical (unpaired) electrons. The largest absolute Gasteiger partial charge is 0.320 e. The number of anilines is 1. The molecule has 3 heterocycles. The number of H-pyrrole nitrogens is 1. The van der Waals surface area contributed by atoms with Crippen LogP contribution < -0.4 is 10.9 Å². The zero-order chi connectivity index (χ0) is 19.3. The Labute approximate surface area is 157 Å². The SMILES string of the molecule is O=C1CN=C2c3c(cc(F)cc31)NNC(c1ccc(F)cc1)C2c1ncn[nH]1. The average molecular weight is 380 g/mol. The summed E-state index contributed by atoms with van der Waals surface area (Å²) in [6.07, 6.45) is 1.39. The van der Waals surface area contributed by atoms with E-state index in [2.05, 4.69) is 31.0 Å². The van der Waals surface area contributed by atoms with Crippen molar-refractivity contribution in [2.45, 2.75) is 12.0 Å². The van der Waals surface area contributed by atoms with Gasteiger partial charge in [-0.05, 0) is 29.8 Å². The van der Waals surface area contributed by atoms with Crippen molar-refractivity contribution in [2.24, 2.45) is 4.99 Å². The summed E-state index contributed by atoms with van der Waals surface area (Å²) in [6, 6.07) is 8.16. The lowest BCUT2D eigenvalue weighted by Gasteiger charge is -2.27. The van der Waals surface area contributed by atoms with Gasteiger partial charge in [-0.15, -0.1) is 0 Å². The molecule has 0 bridgehead atoms. The van der Waals surface area contributed by atoms with E-state index in [0.717, 1.165) is 5.56 Å². The van der Waals surface area contributed by atoms with Gasteiger partial charge in [0.2, 0.25) is 0 Å². The van der Waals surface area contributed by atoms with Crippen LogP contribution in [0.2, 0.25) is 0 Å². The van der Waals surface area contributed by atoms with Crippen molar-refractivity contribution in [1.82, 2.24) is 20.6 Å². The number of ketones is 1. The van der Waals surface area contributed by atoms with E-state index in [4.69, 9.17) is 0 Å². The van der Waals surface area contributed by atoms with Gasteiger partial charge >= 0.3 is 0 Å². The quantitative estimate of drug-likeness (QED) is 0.635. The molecule has 2 aliphatic rings. The Balaban J connectivity index is 1.73. The van der Waals surface area contributed by atoms with Crippen molar-refractivity contribution in [3.8, 4) is 0 Å². The minimum atomic E-state index is -0.519. The summed E-state index contributed by atoms with van der Waals surface area (Å²) in [5.41, 5.74) is 8.74. The maximum absolute atomic E-state index is 14.1.